The molecule has 1 aromatic carbocycles. The first-order valence-electron chi connectivity index (χ1n) is 8.81. The zero-order chi connectivity index (χ0) is 18.7. The number of benzene rings is 1. The van der Waals surface area contributed by atoms with Crippen LogP contribution in [0.5, 0.6) is 0 Å². The number of ether oxygens (including phenoxy) is 1. The van der Waals surface area contributed by atoms with Gasteiger partial charge < -0.3 is 9.64 Å². The number of hydrogen-bond donors (Lipinski definition) is 1. The molecule has 0 spiro atoms. The van der Waals surface area contributed by atoms with Gasteiger partial charge in [-0.3, -0.25) is 15.0 Å². The van der Waals surface area contributed by atoms with Crippen LogP contribution >= 0.6 is 11.3 Å². The highest BCUT2D eigenvalue weighted by Crippen LogP contribution is 2.21. The molecule has 1 amide bonds. The number of amides is 1. The second kappa shape index (κ2) is 8.16. The van der Waals surface area contributed by atoms with Crippen LogP contribution in [0.1, 0.15) is 29.9 Å². The molecule has 1 fully saturated rings. The molecule has 0 radical (unpaired) electrons. The number of carbonyl (C=O) groups is 1. The van der Waals surface area contributed by atoms with Crippen molar-refractivity contribution in [1.82, 2.24) is 9.88 Å². The predicted molar refractivity (Wildman–Crippen MR) is 106 cm³/mol. The van der Waals surface area contributed by atoms with Gasteiger partial charge in [0.2, 0.25) is 0 Å². The van der Waals surface area contributed by atoms with E-state index in [1.165, 1.54) is 11.3 Å². The van der Waals surface area contributed by atoms with Crippen molar-refractivity contribution in [2.45, 2.75) is 32.6 Å². The van der Waals surface area contributed by atoms with E-state index in [0.29, 0.717) is 10.7 Å². The summed E-state index contributed by atoms with van der Waals surface area (Å²) in [7, 11) is 3.91. The minimum absolute atomic E-state index is 0.136. The number of morpholine rings is 1. The normalized spacial score (nSPS) is 20.8. The highest BCUT2D eigenvalue weighted by Gasteiger charge is 2.22. The van der Waals surface area contributed by atoms with Gasteiger partial charge in [0.05, 0.1) is 17.9 Å². The van der Waals surface area contributed by atoms with E-state index in [4.69, 9.17) is 4.74 Å². The van der Waals surface area contributed by atoms with Crippen molar-refractivity contribution < 1.29 is 9.53 Å². The van der Waals surface area contributed by atoms with E-state index >= 15 is 0 Å². The van der Waals surface area contributed by atoms with Crippen molar-refractivity contribution in [3.8, 4) is 0 Å². The lowest BCUT2D eigenvalue weighted by atomic mass is 10.2. The third kappa shape index (κ3) is 4.81. The average molecular weight is 375 g/mol. The Labute approximate surface area is 158 Å². The standard InChI is InChI=1S/C19H26N4O2S/c1-13-9-23(10-14(2)25-13)11-16-12-26-19(20-16)21-18(24)15-6-5-7-17(8-15)22(3)4/h5-8,12-14H,9-11H2,1-4H3,(H,20,21,24). The number of hydrogen-bond acceptors (Lipinski definition) is 6. The molecule has 1 saturated heterocycles. The molecule has 2 aromatic rings. The molecule has 2 unspecified atom stereocenters. The Morgan fingerprint density at radius 1 is 1.35 bits per heavy atom. The number of aromatic nitrogens is 1. The van der Waals surface area contributed by atoms with Crippen molar-refractivity contribution in [2.75, 3.05) is 37.4 Å². The topological polar surface area (TPSA) is 57.7 Å². The summed E-state index contributed by atoms with van der Waals surface area (Å²) in [6.45, 7) is 6.77. The number of carbonyl (C=O) groups excluding carboxylic acids is 1. The van der Waals surface area contributed by atoms with Gasteiger partial charge in [0.15, 0.2) is 5.13 Å². The largest absolute Gasteiger partial charge is 0.378 e. The molecule has 1 aromatic heterocycles. The zero-order valence-electron chi connectivity index (χ0n) is 15.7. The highest BCUT2D eigenvalue weighted by molar-refractivity contribution is 7.13. The van der Waals surface area contributed by atoms with Crippen molar-refractivity contribution >= 4 is 28.1 Å². The quantitative estimate of drug-likeness (QED) is 0.872. The molecule has 1 aliphatic heterocycles. The summed E-state index contributed by atoms with van der Waals surface area (Å²) in [4.78, 5) is 21.4. The lowest BCUT2D eigenvalue weighted by Crippen LogP contribution is -2.44. The fourth-order valence-corrected chi connectivity index (χ4v) is 3.87. The zero-order valence-corrected chi connectivity index (χ0v) is 16.5. The van der Waals surface area contributed by atoms with Crippen LogP contribution in [0.3, 0.4) is 0 Å². The lowest BCUT2D eigenvalue weighted by Gasteiger charge is -2.34. The minimum Gasteiger partial charge on any atom is -0.378 e. The maximum absolute atomic E-state index is 12.5. The Morgan fingerprint density at radius 3 is 2.77 bits per heavy atom. The number of thiazole rings is 1. The Morgan fingerprint density at radius 2 is 2.08 bits per heavy atom. The molecule has 3 rings (SSSR count). The molecule has 26 heavy (non-hydrogen) atoms. The summed E-state index contributed by atoms with van der Waals surface area (Å²) < 4.78 is 5.77. The molecule has 0 bridgehead atoms. The molecule has 2 heterocycles. The summed E-state index contributed by atoms with van der Waals surface area (Å²) in [5, 5.41) is 5.55. The molecule has 1 aliphatic rings. The maximum Gasteiger partial charge on any atom is 0.257 e. The van der Waals surface area contributed by atoms with E-state index in [0.717, 1.165) is 31.0 Å². The number of nitrogens with zero attached hydrogens (tertiary/aromatic N) is 3. The summed E-state index contributed by atoms with van der Waals surface area (Å²) >= 11 is 1.46. The van der Waals surface area contributed by atoms with Gasteiger partial charge in [0.1, 0.15) is 0 Å². The van der Waals surface area contributed by atoms with Gasteiger partial charge in [-0.15, -0.1) is 11.3 Å². The monoisotopic (exact) mass is 374 g/mol. The van der Waals surface area contributed by atoms with Crippen molar-refractivity contribution in [3.63, 3.8) is 0 Å². The first-order chi connectivity index (χ1) is 12.4. The van der Waals surface area contributed by atoms with Gasteiger partial charge in [-0.25, -0.2) is 4.98 Å². The van der Waals surface area contributed by atoms with Gasteiger partial charge in [0, 0.05) is 50.4 Å². The third-order valence-electron chi connectivity index (χ3n) is 4.28. The van der Waals surface area contributed by atoms with Crippen LogP contribution in [0.2, 0.25) is 0 Å². The average Bonchev–Trinajstić information content (AvgIpc) is 3.00. The SMILES string of the molecule is CC1CN(Cc2csc(NC(=O)c3cccc(N(C)C)c3)n2)CC(C)O1. The second-order valence-electron chi connectivity index (χ2n) is 6.99. The molecule has 7 heteroatoms. The Bertz CT molecular complexity index is 752. The Hall–Kier alpha value is -1.96. The van der Waals surface area contributed by atoms with E-state index in [1.54, 1.807) is 0 Å². The summed E-state index contributed by atoms with van der Waals surface area (Å²) in [6, 6.07) is 7.55. The van der Waals surface area contributed by atoms with Crippen LogP contribution in [0, 0.1) is 0 Å². The van der Waals surface area contributed by atoms with E-state index in [9.17, 15) is 4.79 Å². The first kappa shape index (κ1) is 18.8. The lowest BCUT2D eigenvalue weighted by molar-refractivity contribution is -0.0707. The maximum atomic E-state index is 12.5. The molecule has 140 valence electrons. The van der Waals surface area contributed by atoms with Gasteiger partial charge >= 0.3 is 0 Å². The minimum atomic E-state index is -0.136. The van der Waals surface area contributed by atoms with Crippen molar-refractivity contribution in [1.29, 1.82) is 0 Å². The fraction of sp³-hybridized carbons (Fsp3) is 0.474. The van der Waals surface area contributed by atoms with Gasteiger partial charge in [-0.05, 0) is 32.0 Å². The molecule has 6 nitrogen and oxygen atoms in total. The molecule has 2 atom stereocenters. The number of anilines is 2. The van der Waals surface area contributed by atoms with Crippen LogP contribution in [0.4, 0.5) is 10.8 Å². The molecule has 0 aliphatic carbocycles. The molecular formula is C19H26N4O2S. The van der Waals surface area contributed by atoms with Crippen LogP contribution in [-0.2, 0) is 11.3 Å². The van der Waals surface area contributed by atoms with E-state index in [2.05, 4.69) is 29.0 Å². The van der Waals surface area contributed by atoms with Gasteiger partial charge in [0.25, 0.3) is 5.91 Å². The summed E-state index contributed by atoms with van der Waals surface area (Å²) in [6.07, 6.45) is 0.473. The molecule has 0 saturated carbocycles. The van der Waals surface area contributed by atoms with Gasteiger partial charge in [-0.1, -0.05) is 6.07 Å². The van der Waals surface area contributed by atoms with Crippen molar-refractivity contribution in [2.24, 2.45) is 0 Å². The van der Waals surface area contributed by atoms with E-state index < -0.39 is 0 Å². The van der Waals surface area contributed by atoms with Crippen LogP contribution in [0.25, 0.3) is 0 Å². The summed E-state index contributed by atoms with van der Waals surface area (Å²) in [5.74, 6) is -0.136. The molecule has 1 N–H and O–H groups in total. The first-order valence-corrected chi connectivity index (χ1v) is 9.69. The highest BCUT2D eigenvalue weighted by atomic mass is 32.1. The Balaban J connectivity index is 1.61. The van der Waals surface area contributed by atoms with Gasteiger partial charge in [-0.2, -0.15) is 0 Å². The second-order valence-corrected chi connectivity index (χ2v) is 7.85. The molecular weight excluding hydrogens is 348 g/mol. The number of rotatable bonds is 5. The van der Waals surface area contributed by atoms with E-state index in [1.807, 2.05) is 48.6 Å². The predicted octanol–water partition coefficient (Wildman–Crippen LogP) is 3.07. The van der Waals surface area contributed by atoms with Crippen LogP contribution < -0.4 is 10.2 Å². The van der Waals surface area contributed by atoms with Crippen LogP contribution in [-0.4, -0.2) is 55.2 Å². The fourth-order valence-electron chi connectivity index (χ4n) is 3.17. The summed E-state index contributed by atoms with van der Waals surface area (Å²) in [5.41, 5.74) is 2.60. The van der Waals surface area contributed by atoms with Crippen LogP contribution in [0.15, 0.2) is 29.6 Å². The third-order valence-corrected chi connectivity index (χ3v) is 5.08. The Kier molecular flexibility index (Phi) is 5.90. The van der Waals surface area contributed by atoms with Crippen molar-refractivity contribution in [3.05, 3.63) is 40.9 Å². The van der Waals surface area contributed by atoms with E-state index in [-0.39, 0.29) is 18.1 Å². The smallest absolute Gasteiger partial charge is 0.257 e. The number of nitrogens with one attached hydrogen (secondary N) is 1.